The molecule has 0 aromatic heterocycles. The summed E-state index contributed by atoms with van der Waals surface area (Å²) in [6.07, 6.45) is 5.00. The van der Waals surface area contributed by atoms with Gasteiger partial charge in [0.05, 0.1) is 5.60 Å². The number of halogens is 2. The summed E-state index contributed by atoms with van der Waals surface area (Å²) < 4.78 is 30.1. The van der Waals surface area contributed by atoms with Crippen LogP contribution in [0.3, 0.4) is 0 Å². The molecule has 2 bridgehead atoms. The van der Waals surface area contributed by atoms with E-state index in [4.69, 9.17) is 0 Å². The molecule has 0 radical (unpaired) electrons. The van der Waals surface area contributed by atoms with Crippen LogP contribution in [0, 0.1) is 0 Å². The lowest BCUT2D eigenvalue weighted by Gasteiger charge is -2.52. The number of benzene rings is 2. The first-order chi connectivity index (χ1) is 13.5. The molecule has 2 saturated heterocycles. The molecule has 2 aromatic rings. The second-order valence-electron chi connectivity index (χ2n) is 8.19. The maximum absolute atomic E-state index is 12.7. The Balaban J connectivity index is 1.50. The van der Waals surface area contributed by atoms with E-state index in [1.54, 1.807) is 18.2 Å². The van der Waals surface area contributed by atoms with Gasteiger partial charge in [0.2, 0.25) is 0 Å². The SMILES string of the molecule is OC1(Cc2ccccc2OC(F)F)CC2CCCC(C1)N2Cc1ccccc1. The zero-order valence-electron chi connectivity index (χ0n) is 15.9. The van der Waals surface area contributed by atoms with Gasteiger partial charge in [-0.05, 0) is 42.9 Å². The van der Waals surface area contributed by atoms with Gasteiger partial charge in [0, 0.05) is 25.0 Å². The van der Waals surface area contributed by atoms with Crippen molar-refractivity contribution in [3.05, 3.63) is 65.7 Å². The normalized spacial score (nSPS) is 27.7. The first kappa shape index (κ1) is 19.3. The fourth-order valence-corrected chi connectivity index (χ4v) is 5.03. The quantitative estimate of drug-likeness (QED) is 0.774. The van der Waals surface area contributed by atoms with Crippen molar-refractivity contribution in [3.8, 4) is 5.75 Å². The molecule has 1 N–H and O–H groups in total. The number of nitrogens with zero attached hydrogens (tertiary/aromatic N) is 1. The van der Waals surface area contributed by atoms with Crippen LogP contribution in [0.4, 0.5) is 8.78 Å². The van der Waals surface area contributed by atoms with Crippen LogP contribution in [0.5, 0.6) is 5.75 Å². The Morgan fingerprint density at radius 1 is 1.00 bits per heavy atom. The molecule has 0 saturated carbocycles. The first-order valence-corrected chi connectivity index (χ1v) is 10.1. The summed E-state index contributed by atoms with van der Waals surface area (Å²) in [5.41, 5.74) is 1.06. The van der Waals surface area contributed by atoms with Gasteiger partial charge in [-0.2, -0.15) is 8.78 Å². The van der Waals surface area contributed by atoms with E-state index in [-0.39, 0.29) is 5.75 Å². The zero-order valence-corrected chi connectivity index (χ0v) is 15.9. The Hall–Kier alpha value is -1.98. The van der Waals surface area contributed by atoms with Gasteiger partial charge in [-0.15, -0.1) is 0 Å². The predicted octanol–water partition coefficient (Wildman–Crippen LogP) is 4.78. The molecule has 2 atom stereocenters. The van der Waals surface area contributed by atoms with Crippen LogP contribution in [-0.4, -0.2) is 34.3 Å². The molecule has 150 valence electrons. The molecule has 2 fully saturated rings. The number of aliphatic hydroxyl groups is 1. The van der Waals surface area contributed by atoms with Gasteiger partial charge < -0.3 is 9.84 Å². The van der Waals surface area contributed by atoms with E-state index in [9.17, 15) is 13.9 Å². The minimum Gasteiger partial charge on any atom is -0.435 e. The van der Waals surface area contributed by atoms with Crippen LogP contribution in [-0.2, 0) is 13.0 Å². The Morgan fingerprint density at radius 2 is 1.64 bits per heavy atom. The highest BCUT2D eigenvalue weighted by atomic mass is 19.3. The van der Waals surface area contributed by atoms with E-state index in [1.807, 2.05) is 12.1 Å². The van der Waals surface area contributed by atoms with Crippen molar-refractivity contribution in [2.24, 2.45) is 0 Å². The van der Waals surface area contributed by atoms with Crippen molar-refractivity contribution in [2.45, 2.75) is 69.4 Å². The topological polar surface area (TPSA) is 32.7 Å². The number of hydrogen-bond donors (Lipinski definition) is 1. The largest absolute Gasteiger partial charge is 0.435 e. The van der Waals surface area contributed by atoms with Crippen LogP contribution in [0.15, 0.2) is 54.6 Å². The second-order valence-corrected chi connectivity index (χ2v) is 8.19. The molecule has 28 heavy (non-hydrogen) atoms. The Labute approximate surface area is 164 Å². The molecule has 2 heterocycles. The maximum atomic E-state index is 12.7. The molecule has 2 unspecified atom stereocenters. The van der Waals surface area contributed by atoms with Gasteiger partial charge >= 0.3 is 6.61 Å². The van der Waals surface area contributed by atoms with Crippen LogP contribution >= 0.6 is 0 Å². The number of para-hydroxylation sites is 1. The number of ether oxygens (including phenoxy) is 1. The summed E-state index contributed by atoms with van der Waals surface area (Å²) in [4.78, 5) is 2.54. The minimum atomic E-state index is -2.86. The predicted molar refractivity (Wildman–Crippen MR) is 104 cm³/mol. The third-order valence-corrected chi connectivity index (χ3v) is 6.16. The highest BCUT2D eigenvalue weighted by Crippen LogP contribution is 2.42. The van der Waals surface area contributed by atoms with Crippen molar-refractivity contribution < 1.29 is 18.6 Å². The van der Waals surface area contributed by atoms with E-state index < -0.39 is 12.2 Å². The van der Waals surface area contributed by atoms with Gasteiger partial charge in [0.15, 0.2) is 0 Å². The first-order valence-electron chi connectivity index (χ1n) is 10.1. The number of hydrogen-bond acceptors (Lipinski definition) is 3. The fraction of sp³-hybridized carbons (Fsp3) is 0.478. The third kappa shape index (κ3) is 4.36. The highest BCUT2D eigenvalue weighted by molar-refractivity contribution is 5.35. The zero-order chi connectivity index (χ0) is 19.6. The van der Waals surface area contributed by atoms with E-state index in [1.165, 1.54) is 12.0 Å². The molecular formula is C23H27F2NO2. The molecule has 2 aromatic carbocycles. The summed E-state index contributed by atoms with van der Waals surface area (Å²) in [5, 5.41) is 11.4. The second kappa shape index (κ2) is 8.18. The molecule has 4 rings (SSSR count). The molecule has 3 nitrogen and oxygen atoms in total. The van der Waals surface area contributed by atoms with Gasteiger partial charge in [-0.1, -0.05) is 55.0 Å². The summed E-state index contributed by atoms with van der Waals surface area (Å²) >= 11 is 0. The van der Waals surface area contributed by atoms with E-state index in [0.717, 1.165) is 19.4 Å². The average molecular weight is 387 g/mol. The number of alkyl halides is 2. The molecular weight excluding hydrogens is 360 g/mol. The molecule has 2 aliphatic heterocycles. The summed E-state index contributed by atoms with van der Waals surface area (Å²) in [7, 11) is 0. The van der Waals surface area contributed by atoms with Gasteiger partial charge in [0.1, 0.15) is 5.75 Å². The third-order valence-electron chi connectivity index (χ3n) is 6.16. The van der Waals surface area contributed by atoms with E-state index in [0.29, 0.717) is 36.9 Å². The summed E-state index contributed by atoms with van der Waals surface area (Å²) in [5.74, 6) is 0.169. The molecule has 0 spiro atoms. The lowest BCUT2D eigenvalue weighted by atomic mass is 9.73. The number of fused-ring (bicyclic) bond motifs is 2. The van der Waals surface area contributed by atoms with Gasteiger partial charge in [-0.25, -0.2) is 0 Å². The van der Waals surface area contributed by atoms with Crippen molar-refractivity contribution in [2.75, 3.05) is 0 Å². The van der Waals surface area contributed by atoms with Crippen molar-refractivity contribution in [3.63, 3.8) is 0 Å². The van der Waals surface area contributed by atoms with Crippen LogP contribution < -0.4 is 4.74 Å². The lowest BCUT2D eigenvalue weighted by molar-refractivity contribution is -0.0958. The van der Waals surface area contributed by atoms with Crippen molar-refractivity contribution in [1.82, 2.24) is 4.90 Å². The summed E-state index contributed by atoms with van der Waals surface area (Å²) in [6.45, 7) is -1.96. The average Bonchev–Trinajstić information content (AvgIpc) is 2.65. The van der Waals surface area contributed by atoms with Crippen LogP contribution in [0.25, 0.3) is 0 Å². The molecule has 0 amide bonds. The van der Waals surface area contributed by atoms with Gasteiger partial charge in [-0.3, -0.25) is 4.90 Å². The van der Waals surface area contributed by atoms with Crippen molar-refractivity contribution >= 4 is 0 Å². The van der Waals surface area contributed by atoms with E-state index in [2.05, 4.69) is 33.9 Å². The Bertz CT molecular complexity index is 769. The molecule has 0 aliphatic carbocycles. The lowest BCUT2D eigenvalue weighted by Crippen LogP contribution is -2.58. The smallest absolute Gasteiger partial charge is 0.387 e. The Kier molecular flexibility index (Phi) is 5.65. The maximum Gasteiger partial charge on any atom is 0.387 e. The fourth-order valence-electron chi connectivity index (χ4n) is 5.03. The van der Waals surface area contributed by atoms with Crippen molar-refractivity contribution in [1.29, 1.82) is 0 Å². The summed E-state index contributed by atoms with van der Waals surface area (Å²) in [6, 6.07) is 17.9. The monoisotopic (exact) mass is 387 g/mol. The Morgan fingerprint density at radius 3 is 2.32 bits per heavy atom. The highest BCUT2D eigenvalue weighted by Gasteiger charge is 2.45. The molecule has 2 aliphatic rings. The van der Waals surface area contributed by atoms with Crippen LogP contribution in [0.1, 0.15) is 43.2 Å². The number of rotatable bonds is 6. The standard InChI is InChI=1S/C23H27F2NO2/c24-22(25)28-21-12-5-4-9-18(21)13-23(27)14-19-10-6-11-20(15-23)26(19)16-17-7-2-1-3-8-17/h1-5,7-9,12,19-20,22,27H,6,10-11,13-16H2. The number of piperidine rings is 2. The van der Waals surface area contributed by atoms with Crippen LogP contribution in [0.2, 0.25) is 0 Å². The minimum absolute atomic E-state index is 0.169. The molecule has 5 heteroatoms. The van der Waals surface area contributed by atoms with Gasteiger partial charge in [0.25, 0.3) is 0 Å². The van der Waals surface area contributed by atoms with E-state index >= 15 is 0 Å².